The Morgan fingerprint density at radius 2 is 1.96 bits per heavy atom. The smallest absolute Gasteiger partial charge is 0.251 e. The van der Waals surface area contributed by atoms with Gasteiger partial charge in [-0.1, -0.05) is 37.3 Å². The predicted octanol–water partition coefficient (Wildman–Crippen LogP) is 4.04. The Balaban J connectivity index is 1.42. The second-order valence-electron chi connectivity index (χ2n) is 7.55. The summed E-state index contributed by atoms with van der Waals surface area (Å²) in [7, 11) is 0. The summed E-state index contributed by atoms with van der Waals surface area (Å²) in [6.45, 7) is 8.60. The highest BCUT2D eigenvalue weighted by Crippen LogP contribution is 2.18. The molecular formula is C23H30N2O2. The third-order valence-corrected chi connectivity index (χ3v) is 5.10. The van der Waals surface area contributed by atoms with Gasteiger partial charge in [-0.2, -0.15) is 0 Å². The Labute approximate surface area is 162 Å². The number of piperidine rings is 1. The van der Waals surface area contributed by atoms with Crippen LogP contribution in [0.4, 0.5) is 0 Å². The molecule has 1 unspecified atom stereocenters. The number of benzene rings is 2. The summed E-state index contributed by atoms with van der Waals surface area (Å²) in [6, 6.07) is 15.9. The van der Waals surface area contributed by atoms with Gasteiger partial charge in [0.15, 0.2) is 0 Å². The number of amides is 1. The van der Waals surface area contributed by atoms with Gasteiger partial charge < -0.3 is 10.1 Å². The van der Waals surface area contributed by atoms with E-state index in [2.05, 4.69) is 29.3 Å². The molecule has 144 valence electrons. The zero-order valence-electron chi connectivity index (χ0n) is 16.4. The van der Waals surface area contributed by atoms with Gasteiger partial charge in [-0.25, -0.2) is 0 Å². The molecule has 3 rings (SSSR count). The summed E-state index contributed by atoms with van der Waals surface area (Å²) in [5, 5.41) is 2.92. The molecule has 1 aliphatic rings. The maximum absolute atomic E-state index is 12.3. The van der Waals surface area contributed by atoms with E-state index in [0.717, 1.165) is 23.8 Å². The third-order valence-electron chi connectivity index (χ3n) is 5.10. The van der Waals surface area contributed by atoms with Crippen molar-refractivity contribution in [2.45, 2.75) is 33.2 Å². The minimum atomic E-state index is -0.0541. The lowest BCUT2D eigenvalue weighted by molar-refractivity contribution is 0.0947. The van der Waals surface area contributed by atoms with Crippen LogP contribution in [-0.4, -0.2) is 37.0 Å². The van der Waals surface area contributed by atoms with Gasteiger partial charge in [0, 0.05) is 18.7 Å². The minimum Gasteiger partial charge on any atom is -0.491 e. The fourth-order valence-corrected chi connectivity index (χ4v) is 3.60. The molecule has 0 saturated carbocycles. The van der Waals surface area contributed by atoms with E-state index < -0.39 is 0 Å². The Morgan fingerprint density at radius 1 is 1.19 bits per heavy atom. The maximum atomic E-state index is 12.3. The van der Waals surface area contributed by atoms with Crippen LogP contribution in [0.3, 0.4) is 0 Å². The van der Waals surface area contributed by atoms with Crippen LogP contribution in [0, 0.1) is 12.8 Å². The largest absolute Gasteiger partial charge is 0.491 e. The molecule has 1 aliphatic heterocycles. The highest BCUT2D eigenvalue weighted by Gasteiger charge is 2.16. The lowest BCUT2D eigenvalue weighted by atomic mass is 9.99. The van der Waals surface area contributed by atoms with Gasteiger partial charge in [0.05, 0.1) is 6.54 Å². The quantitative estimate of drug-likeness (QED) is 0.752. The van der Waals surface area contributed by atoms with Gasteiger partial charge in [0.2, 0.25) is 0 Å². The first-order valence-corrected chi connectivity index (χ1v) is 9.90. The molecule has 4 nitrogen and oxygen atoms in total. The van der Waals surface area contributed by atoms with Crippen molar-refractivity contribution < 1.29 is 9.53 Å². The normalized spacial score (nSPS) is 17.5. The first kappa shape index (κ1) is 19.4. The van der Waals surface area contributed by atoms with Gasteiger partial charge in [-0.05, 0) is 61.6 Å². The number of nitrogens with one attached hydrogen (secondary N) is 1. The second-order valence-corrected chi connectivity index (χ2v) is 7.55. The van der Waals surface area contributed by atoms with Gasteiger partial charge in [0.25, 0.3) is 5.91 Å². The molecule has 1 atom stereocenters. The van der Waals surface area contributed by atoms with Crippen molar-refractivity contribution in [3.8, 4) is 5.75 Å². The molecule has 0 aliphatic carbocycles. The van der Waals surface area contributed by atoms with E-state index in [1.807, 2.05) is 43.3 Å². The zero-order valence-corrected chi connectivity index (χ0v) is 16.4. The fourth-order valence-electron chi connectivity index (χ4n) is 3.60. The van der Waals surface area contributed by atoms with Crippen molar-refractivity contribution in [3.63, 3.8) is 0 Å². The molecule has 4 heteroatoms. The van der Waals surface area contributed by atoms with Crippen molar-refractivity contribution in [1.82, 2.24) is 10.2 Å². The van der Waals surface area contributed by atoms with Gasteiger partial charge in [0.1, 0.15) is 12.4 Å². The lowest BCUT2D eigenvalue weighted by Crippen LogP contribution is -2.33. The molecule has 2 aromatic rings. The molecule has 0 bridgehead atoms. The van der Waals surface area contributed by atoms with E-state index >= 15 is 0 Å². The molecule has 0 spiro atoms. The summed E-state index contributed by atoms with van der Waals surface area (Å²) in [5.41, 5.74) is 3.06. The minimum absolute atomic E-state index is 0.0541. The second kappa shape index (κ2) is 9.56. The van der Waals surface area contributed by atoms with E-state index in [-0.39, 0.29) is 5.91 Å². The number of hydrogen-bond acceptors (Lipinski definition) is 3. The summed E-state index contributed by atoms with van der Waals surface area (Å²) in [4.78, 5) is 14.8. The molecule has 1 N–H and O–H groups in total. The van der Waals surface area contributed by atoms with Gasteiger partial charge in [-0.3, -0.25) is 9.69 Å². The average Bonchev–Trinajstić information content (AvgIpc) is 2.67. The first-order valence-electron chi connectivity index (χ1n) is 9.90. The number of likely N-dealkylation sites (tertiary alicyclic amines) is 1. The SMILES string of the molecule is Cc1ccccc1OCCNC(=O)c1ccc(CN2CCCC(C)C2)cc1. The molecule has 27 heavy (non-hydrogen) atoms. The van der Waals surface area contributed by atoms with Crippen LogP contribution in [0.1, 0.15) is 41.3 Å². The molecule has 0 aromatic heterocycles. The van der Waals surface area contributed by atoms with Crippen molar-refractivity contribution >= 4 is 5.91 Å². The number of carbonyl (C=O) groups is 1. The number of nitrogens with zero attached hydrogens (tertiary/aromatic N) is 1. The van der Waals surface area contributed by atoms with E-state index in [4.69, 9.17) is 4.74 Å². The number of hydrogen-bond donors (Lipinski definition) is 1. The van der Waals surface area contributed by atoms with Crippen molar-refractivity contribution in [3.05, 3.63) is 65.2 Å². The number of carbonyl (C=O) groups excluding carboxylic acids is 1. The van der Waals surface area contributed by atoms with Crippen LogP contribution in [0.5, 0.6) is 5.75 Å². The Bertz CT molecular complexity index is 742. The van der Waals surface area contributed by atoms with Crippen LogP contribution in [0.25, 0.3) is 0 Å². The summed E-state index contributed by atoms with van der Waals surface area (Å²) < 4.78 is 5.72. The maximum Gasteiger partial charge on any atom is 0.251 e. The topological polar surface area (TPSA) is 41.6 Å². The number of para-hydroxylation sites is 1. The van der Waals surface area contributed by atoms with Gasteiger partial charge >= 0.3 is 0 Å². The average molecular weight is 367 g/mol. The lowest BCUT2D eigenvalue weighted by Gasteiger charge is -2.30. The fraction of sp³-hybridized carbons (Fsp3) is 0.435. The standard InChI is InChI=1S/C23H30N2O2/c1-18-6-5-14-25(16-18)17-20-9-11-21(12-10-20)23(26)24-13-15-27-22-8-4-3-7-19(22)2/h3-4,7-12,18H,5-6,13-17H2,1-2H3,(H,24,26). The van der Waals surface area contributed by atoms with Crippen LogP contribution in [0.15, 0.2) is 48.5 Å². The summed E-state index contributed by atoms with van der Waals surface area (Å²) >= 11 is 0. The van der Waals surface area contributed by atoms with E-state index in [9.17, 15) is 4.79 Å². The van der Waals surface area contributed by atoms with Crippen LogP contribution in [0.2, 0.25) is 0 Å². The summed E-state index contributed by atoms with van der Waals surface area (Å²) in [6.07, 6.45) is 2.62. The molecule has 1 saturated heterocycles. The number of rotatable bonds is 7. The van der Waals surface area contributed by atoms with Crippen molar-refractivity contribution in [2.75, 3.05) is 26.2 Å². The predicted molar refractivity (Wildman–Crippen MR) is 109 cm³/mol. The van der Waals surface area contributed by atoms with E-state index in [0.29, 0.717) is 18.7 Å². The third kappa shape index (κ3) is 5.83. The van der Waals surface area contributed by atoms with E-state index in [1.54, 1.807) is 0 Å². The molecule has 2 aromatic carbocycles. The number of aryl methyl sites for hydroxylation is 1. The van der Waals surface area contributed by atoms with Crippen molar-refractivity contribution in [2.24, 2.45) is 5.92 Å². The number of ether oxygens (including phenoxy) is 1. The summed E-state index contributed by atoms with van der Waals surface area (Å²) in [5.74, 6) is 1.59. The molecule has 1 heterocycles. The monoisotopic (exact) mass is 366 g/mol. The Morgan fingerprint density at radius 3 is 2.70 bits per heavy atom. The molecule has 1 amide bonds. The Kier molecular flexibility index (Phi) is 6.88. The van der Waals surface area contributed by atoms with Gasteiger partial charge in [-0.15, -0.1) is 0 Å². The first-order chi connectivity index (χ1) is 13.1. The molecule has 1 fully saturated rings. The molecule has 0 radical (unpaired) electrons. The van der Waals surface area contributed by atoms with Crippen LogP contribution < -0.4 is 10.1 Å². The van der Waals surface area contributed by atoms with Crippen molar-refractivity contribution in [1.29, 1.82) is 0 Å². The van der Waals surface area contributed by atoms with Crippen LogP contribution >= 0.6 is 0 Å². The van der Waals surface area contributed by atoms with Crippen LogP contribution in [-0.2, 0) is 6.54 Å². The highest BCUT2D eigenvalue weighted by molar-refractivity contribution is 5.94. The highest BCUT2D eigenvalue weighted by atomic mass is 16.5. The Hall–Kier alpha value is -2.33. The molecular weight excluding hydrogens is 336 g/mol. The van der Waals surface area contributed by atoms with E-state index in [1.165, 1.54) is 31.5 Å². The zero-order chi connectivity index (χ0) is 19.1.